The van der Waals surface area contributed by atoms with Gasteiger partial charge in [-0.1, -0.05) is 0 Å². The van der Waals surface area contributed by atoms with Crippen LogP contribution in [-0.2, 0) is 4.74 Å². The highest BCUT2D eigenvalue weighted by atomic mass is 19.1. The number of benzene rings is 1. The van der Waals surface area contributed by atoms with Gasteiger partial charge in [0.2, 0.25) is 0 Å². The summed E-state index contributed by atoms with van der Waals surface area (Å²) in [7, 11) is 1.99. The molecule has 0 aliphatic carbocycles. The van der Waals surface area contributed by atoms with E-state index in [2.05, 4.69) is 20.0 Å². The molecule has 7 heteroatoms. The van der Waals surface area contributed by atoms with Crippen LogP contribution < -0.4 is 9.64 Å². The zero-order valence-corrected chi connectivity index (χ0v) is 14.3. The van der Waals surface area contributed by atoms with Gasteiger partial charge >= 0.3 is 0 Å². The normalized spacial score (nSPS) is 18.1. The van der Waals surface area contributed by atoms with E-state index in [9.17, 15) is 4.39 Å². The molecule has 1 fully saturated rings. The SMILES string of the molecule is CN(CC1CN(CCOc2ccc(F)cc2)CCO1)c1cccnn1. The van der Waals surface area contributed by atoms with E-state index in [-0.39, 0.29) is 11.9 Å². The number of rotatable bonds is 7. The van der Waals surface area contributed by atoms with E-state index < -0.39 is 0 Å². The van der Waals surface area contributed by atoms with Crippen molar-refractivity contribution in [2.45, 2.75) is 6.10 Å². The second kappa shape index (κ2) is 8.73. The number of aromatic nitrogens is 2. The summed E-state index contributed by atoms with van der Waals surface area (Å²) in [5, 5.41) is 8.02. The third-order valence-corrected chi connectivity index (χ3v) is 4.14. The molecule has 0 N–H and O–H groups in total. The van der Waals surface area contributed by atoms with Crippen LogP contribution in [0.3, 0.4) is 0 Å². The van der Waals surface area contributed by atoms with Crippen LogP contribution in [0.2, 0.25) is 0 Å². The van der Waals surface area contributed by atoms with Crippen LogP contribution in [0, 0.1) is 5.82 Å². The maximum atomic E-state index is 12.9. The van der Waals surface area contributed by atoms with Crippen LogP contribution in [0.5, 0.6) is 5.75 Å². The lowest BCUT2D eigenvalue weighted by Crippen LogP contribution is -2.48. The summed E-state index contributed by atoms with van der Waals surface area (Å²) in [6.07, 6.45) is 1.78. The second-order valence-electron chi connectivity index (χ2n) is 6.06. The minimum absolute atomic E-state index is 0.117. The van der Waals surface area contributed by atoms with Crippen molar-refractivity contribution in [1.29, 1.82) is 0 Å². The average molecular weight is 346 g/mol. The number of morpholine rings is 1. The fraction of sp³-hybridized carbons (Fsp3) is 0.444. The Balaban J connectivity index is 1.42. The Morgan fingerprint density at radius 3 is 2.92 bits per heavy atom. The highest BCUT2D eigenvalue weighted by Gasteiger charge is 2.22. The molecule has 0 radical (unpaired) electrons. The molecule has 1 aromatic heterocycles. The van der Waals surface area contributed by atoms with Gasteiger partial charge in [0.25, 0.3) is 0 Å². The van der Waals surface area contributed by atoms with Crippen molar-refractivity contribution in [3.8, 4) is 5.75 Å². The lowest BCUT2D eigenvalue weighted by atomic mass is 10.2. The Morgan fingerprint density at radius 1 is 1.32 bits per heavy atom. The molecule has 1 aliphatic heterocycles. The highest BCUT2D eigenvalue weighted by Crippen LogP contribution is 2.13. The van der Waals surface area contributed by atoms with Crippen LogP contribution in [0.15, 0.2) is 42.6 Å². The number of halogens is 1. The minimum atomic E-state index is -0.254. The first-order chi connectivity index (χ1) is 12.2. The molecular formula is C18H23FN4O2. The van der Waals surface area contributed by atoms with E-state index >= 15 is 0 Å². The molecule has 6 nitrogen and oxygen atoms in total. The van der Waals surface area contributed by atoms with Gasteiger partial charge in [-0.3, -0.25) is 4.90 Å². The van der Waals surface area contributed by atoms with Crippen LogP contribution in [0.25, 0.3) is 0 Å². The number of hydrogen-bond donors (Lipinski definition) is 0. The summed E-state index contributed by atoms with van der Waals surface area (Å²) >= 11 is 0. The van der Waals surface area contributed by atoms with Gasteiger partial charge in [-0.15, -0.1) is 5.10 Å². The zero-order valence-electron chi connectivity index (χ0n) is 14.3. The van der Waals surface area contributed by atoms with Crippen LogP contribution in [0.4, 0.5) is 10.2 Å². The van der Waals surface area contributed by atoms with E-state index in [0.717, 1.165) is 32.0 Å². The standard InChI is InChI=1S/C18H23FN4O2/c1-22(18-3-2-8-20-21-18)13-17-14-23(10-12-25-17)9-11-24-16-6-4-15(19)5-7-16/h2-8,17H,9-14H2,1H3. The molecule has 1 aromatic carbocycles. The largest absolute Gasteiger partial charge is 0.492 e. The van der Waals surface area contributed by atoms with Gasteiger partial charge < -0.3 is 14.4 Å². The van der Waals surface area contributed by atoms with Gasteiger partial charge in [-0.25, -0.2) is 4.39 Å². The summed E-state index contributed by atoms with van der Waals surface area (Å²) in [5.74, 6) is 1.27. The minimum Gasteiger partial charge on any atom is -0.492 e. The zero-order chi connectivity index (χ0) is 17.5. The molecule has 134 valence electrons. The van der Waals surface area contributed by atoms with Gasteiger partial charge in [-0.05, 0) is 36.4 Å². The average Bonchev–Trinajstić information content (AvgIpc) is 2.64. The molecule has 0 saturated carbocycles. The molecule has 1 atom stereocenters. The third kappa shape index (κ3) is 5.37. The topological polar surface area (TPSA) is 50.7 Å². The maximum absolute atomic E-state index is 12.9. The van der Waals surface area contributed by atoms with E-state index in [1.165, 1.54) is 12.1 Å². The van der Waals surface area contributed by atoms with Crippen molar-refractivity contribution in [1.82, 2.24) is 15.1 Å². The van der Waals surface area contributed by atoms with Gasteiger partial charge in [0, 0.05) is 39.4 Å². The van der Waals surface area contributed by atoms with Crippen molar-refractivity contribution in [2.24, 2.45) is 0 Å². The monoisotopic (exact) mass is 346 g/mol. The number of likely N-dealkylation sites (N-methyl/N-ethyl adjacent to an activating group) is 1. The smallest absolute Gasteiger partial charge is 0.151 e. The molecule has 25 heavy (non-hydrogen) atoms. The van der Waals surface area contributed by atoms with E-state index in [1.807, 2.05) is 19.2 Å². The molecule has 1 unspecified atom stereocenters. The number of ether oxygens (including phenoxy) is 2. The summed E-state index contributed by atoms with van der Waals surface area (Å²) < 4.78 is 24.4. The fourth-order valence-electron chi connectivity index (χ4n) is 2.81. The number of hydrogen-bond acceptors (Lipinski definition) is 6. The van der Waals surface area contributed by atoms with Crippen molar-refractivity contribution < 1.29 is 13.9 Å². The Bertz CT molecular complexity index is 641. The molecule has 0 bridgehead atoms. The Hall–Kier alpha value is -2.25. The van der Waals surface area contributed by atoms with Crippen molar-refractivity contribution in [2.75, 3.05) is 51.3 Å². The lowest BCUT2D eigenvalue weighted by Gasteiger charge is -2.34. The molecule has 1 saturated heterocycles. The fourth-order valence-corrected chi connectivity index (χ4v) is 2.81. The predicted molar refractivity (Wildman–Crippen MR) is 93.4 cm³/mol. The quantitative estimate of drug-likeness (QED) is 0.762. The van der Waals surface area contributed by atoms with Gasteiger partial charge in [0.1, 0.15) is 18.2 Å². The molecule has 0 amide bonds. The van der Waals surface area contributed by atoms with Crippen molar-refractivity contribution in [3.05, 3.63) is 48.4 Å². The van der Waals surface area contributed by atoms with Gasteiger partial charge in [-0.2, -0.15) is 5.10 Å². The summed E-state index contributed by atoms with van der Waals surface area (Å²) in [6.45, 7) is 4.57. The van der Waals surface area contributed by atoms with E-state index in [0.29, 0.717) is 19.0 Å². The first kappa shape index (κ1) is 17.6. The summed E-state index contributed by atoms with van der Waals surface area (Å²) in [4.78, 5) is 4.37. The first-order valence-electron chi connectivity index (χ1n) is 8.42. The van der Waals surface area contributed by atoms with Crippen LogP contribution in [0.1, 0.15) is 0 Å². The molecule has 1 aliphatic rings. The Kier molecular flexibility index (Phi) is 6.14. The molecular weight excluding hydrogens is 323 g/mol. The third-order valence-electron chi connectivity index (χ3n) is 4.14. The molecule has 2 aromatic rings. The molecule has 3 rings (SSSR count). The van der Waals surface area contributed by atoms with E-state index in [1.54, 1.807) is 18.3 Å². The maximum Gasteiger partial charge on any atom is 0.151 e. The first-order valence-corrected chi connectivity index (χ1v) is 8.42. The van der Waals surface area contributed by atoms with E-state index in [4.69, 9.17) is 9.47 Å². The Labute approximate surface area is 147 Å². The number of anilines is 1. The molecule has 2 heterocycles. The predicted octanol–water partition coefficient (Wildman–Crippen LogP) is 1.83. The van der Waals surface area contributed by atoms with Crippen LogP contribution >= 0.6 is 0 Å². The van der Waals surface area contributed by atoms with Crippen molar-refractivity contribution >= 4 is 5.82 Å². The lowest BCUT2D eigenvalue weighted by molar-refractivity contribution is -0.0266. The Morgan fingerprint density at radius 2 is 2.16 bits per heavy atom. The van der Waals surface area contributed by atoms with Crippen molar-refractivity contribution in [3.63, 3.8) is 0 Å². The molecule has 0 spiro atoms. The summed E-state index contributed by atoms with van der Waals surface area (Å²) in [5.41, 5.74) is 0. The van der Waals surface area contributed by atoms with Crippen LogP contribution in [-0.4, -0.2) is 67.6 Å². The highest BCUT2D eigenvalue weighted by molar-refractivity contribution is 5.35. The van der Waals surface area contributed by atoms with Gasteiger partial charge in [0.05, 0.1) is 12.7 Å². The summed E-state index contributed by atoms with van der Waals surface area (Å²) in [6, 6.07) is 9.91. The number of nitrogens with zero attached hydrogens (tertiary/aromatic N) is 4. The second-order valence-corrected chi connectivity index (χ2v) is 6.06. The van der Waals surface area contributed by atoms with Gasteiger partial charge in [0.15, 0.2) is 5.82 Å².